The molecule has 0 aliphatic heterocycles. The van der Waals surface area contributed by atoms with Gasteiger partial charge in [-0.3, -0.25) is 0 Å². The van der Waals surface area contributed by atoms with Crippen molar-refractivity contribution in [1.29, 1.82) is 5.26 Å². The number of nitrogens with two attached hydrogens (primary N) is 2. The van der Waals surface area contributed by atoms with Gasteiger partial charge in [0, 0.05) is 5.56 Å². The number of aromatic hydroxyl groups is 1. The second kappa shape index (κ2) is 5.67. The molecule has 108 valence electrons. The van der Waals surface area contributed by atoms with E-state index >= 15 is 0 Å². The van der Waals surface area contributed by atoms with E-state index in [1.807, 2.05) is 18.2 Å². The van der Waals surface area contributed by atoms with Gasteiger partial charge in [0.15, 0.2) is 0 Å². The molecule has 6 heteroatoms. The lowest BCUT2D eigenvalue weighted by molar-refractivity contribution is 0.476. The van der Waals surface area contributed by atoms with Gasteiger partial charge >= 0.3 is 0 Å². The number of nitriles is 1. The smallest absolute Gasteiger partial charge is 0.222 e. The highest BCUT2D eigenvalue weighted by Gasteiger charge is 2.17. The van der Waals surface area contributed by atoms with Crippen molar-refractivity contribution in [2.24, 2.45) is 0 Å². The van der Waals surface area contributed by atoms with Crippen molar-refractivity contribution in [3.63, 3.8) is 0 Å². The van der Waals surface area contributed by atoms with Gasteiger partial charge in [-0.1, -0.05) is 19.9 Å². The Balaban J connectivity index is 2.70. The summed E-state index contributed by atoms with van der Waals surface area (Å²) in [5.41, 5.74) is 13.2. The minimum absolute atomic E-state index is 0.00773. The predicted molar refractivity (Wildman–Crippen MR) is 81.4 cm³/mol. The normalized spacial score (nSPS) is 11.9. The number of anilines is 2. The average molecular weight is 283 g/mol. The molecule has 0 saturated heterocycles. The van der Waals surface area contributed by atoms with Gasteiger partial charge in [-0.15, -0.1) is 0 Å². The van der Waals surface area contributed by atoms with Gasteiger partial charge in [-0.25, -0.2) is 4.98 Å². The van der Waals surface area contributed by atoms with E-state index in [0.717, 1.165) is 12.0 Å². The fraction of sp³-hybridized carbons (Fsp3) is 0.267. The fourth-order valence-electron chi connectivity index (χ4n) is 2.09. The largest absolute Gasteiger partial charge is 0.507 e. The molecule has 6 nitrogen and oxygen atoms in total. The Morgan fingerprint density at radius 1 is 1.33 bits per heavy atom. The van der Waals surface area contributed by atoms with Gasteiger partial charge in [0.1, 0.15) is 23.2 Å². The molecule has 1 unspecified atom stereocenters. The van der Waals surface area contributed by atoms with Crippen LogP contribution in [0.3, 0.4) is 0 Å². The second-order valence-electron chi connectivity index (χ2n) is 4.89. The predicted octanol–water partition coefficient (Wildman–Crippen LogP) is 2.40. The molecule has 5 N–H and O–H groups in total. The van der Waals surface area contributed by atoms with Gasteiger partial charge in [0.25, 0.3) is 0 Å². The third kappa shape index (κ3) is 2.72. The van der Waals surface area contributed by atoms with Gasteiger partial charge in [0.05, 0.1) is 5.69 Å². The lowest BCUT2D eigenvalue weighted by Crippen LogP contribution is -2.05. The molecular weight excluding hydrogens is 266 g/mol. The van der Waals surface area contributed by atoms with E-state index in [4.69, 9.17) is 11.5 Å². The Kier molecular flexibility index (Phi) is 3.94. The Morgan fingerprint density at radius 2 is 2.05 bits per heavy atom. The number of nitrogens with zero attached hydrogens (tertiary/aromatic N) is 3. The molecule has 1 heterocycles. The maximum atomic E-state index is 10.1. The van der Waals surface area contributed by atoms with Crippen LogP contribution in [0.2, 0.25) is 0 Å². The number of rotatable bonds is 3. The van der Waals surface area contributed by atoms with E-state index in [9.17, 15) is 10.4 Å². The standard InChI is InChI=1S/C15H17N5O/c1-3-8(2)9-4-5-12(21)10(6-9)13-11(7-16)14(17)20-15(18)19-13/h4-6,8,21H,3H2,1-2H3,(H4,17,18,19,20). The number of nitrogen functional groups attached to an aromatic ring is 2. The summed E-state index contributed by atoms with van der Waals surface area (Å²) in [5.74, 6) is 0.325. The highest BCUT2D eigenvalue weighted by molar-refractivity contribution is 5.77. The summed E-state index contributed by atoms with van der Waals surface area (Å²) in [5, 5.41) is 19.3. The zero-order chi connectivity index (χ0) is 15.6. The van der Waals surface area contributed by atoms with Crippen LogP contribution in [-0.4, -0.2) is 15.1 Å². The summed E-state index contributed by atoms with van der Waals surface area (Å²) in [7, 11) is 0. The SMILES string of the molecule is CCC(C)c1ccc(O)c(-c2nc(N)nc(N)c2C#N)c1. The van der Waals surface area contributed by atoms with Crippen LogP contribution >= 0.6 is 0 Å². The molecule has 0 spiro atoms. The summed E-state index contributed by atoms with van der Waals surface area (Å²) in [6.07, 6.45) is 0.962. The third-order valence-corrected chi connectivity index (χ3v) is 3.52. The molecule has 1 atom stereocenters. The lowest BCUT2D eigenvalue weighted by Gasteiger charge is -2.13. The number of hydrogen-bond donors (Lipinski definition) is 3. The van der Waals surface area contributed by atoms with Crippen molar-refractivity contribution in [3.05, 3.63) is 29.3 Å². The number of hydrogen-bond acceptors (Lipinski definition) is 6. The summed E-state index contributed by atoms with van der Waals surface area (Å²) in [6.45, 7) is 4.17. The highest BCUT2D eigenvalue weighted by Crippen LogP contribution is 2.35. The quantitative estimate of drug-likeness (QED) is 0.795. The zero-order valence-corrected chi connectivity index (χ0v) is 12.0. The molecule has 0 amide bonds. The molecule has 21 heavy (non-hydrogen) atoms. The molecule has 2 aromatic rings. The van der Waals surface area contributed by atoms with Crippen LogP contribution in [0, 0.1) is 11.3 Å². The van der Waals surface area contributed by atoms with Crippen LogP contribution in [-0.2, 0) is 0 Å². The molecule has 0 fully saturated rings. The lowest BCUT2D eigenvalue weighted by atomic mass is 9.94. The van der Waals surface area contributed by atoms with Gasteiger partial charge in [0.2, 0.25) is 5.95 Å². The topological polar surface area (TPSA) is 122 Å². The van der Waals surface area contributed by atoms with E-state index in [1.165, 1.54) is 0 Å². The van der Waals surface area contributed by atoms with Crippen molar-refractivity contribution in [3.8, 4) is 23.1 Å². The second-order valence-corrected chi connectivity index (χ2v) is 4.89. The molecule has 0 radical (unpaired) electrons. The fourth-order valence-corrected chi connectivity index (χ4v) is 2.09. The maximum Gasteiger partial charge on any atom is 0.222 e. The number of aromatic nitrogens is 2. The molecule has 2 rings (SSSR count). The summed E-state index contributed by atoms with van der Waals surface area (Å²) >= 11 is 0. The van der Waals surface area contributed by atoms with Crippen LogP contribution in [0.5, 0.6) is 5.75 Å². The molecule has 0 saturated carbocycles. The summed E-state index contributed by atoms with van der Waals surface area (Å²) < 4.78 is 0. The molecule has 0 aliphatic rings. The number of benzene rings is 1. The summed E-state index contributed by atoms with van der Waals surface area (Å²) in [4.78, 5) is 7.84. The van der Waals surface area contributed by atoms with Gasteiger partial charge in [-0.2, -0.15) is 10.2 Å². The van der Waals surface area contributed by atoms with Crippen LogP contribution in [0.25, 0.3) is 11.3 Å². The number of phenols is 1. The molecule has 0 bridgehead atoms. The first-order chi connectivity index (χ1) is 9.97. The van der Waals surface area contributed by atoms with Crippen molar-refractivity contribution in [2.45, 2.75) is 26.2 Å². The van der Waals surface area contributed by atoms with E-state index in [-0.39, 0.29) is 28.8 Å². The highest BCUT2D eigenvalue weighted by atomic mass is 16.3. The Labute approximate surface area is 123 Å². The van der Waals surface area contributed by atoms with E-state index in [2.05, 4.69) is 23.8 Å². The van der Waals surface area contributed by atoms with Crippen molar-refractivity contribution >= 4 is 11.8 Å². The third-order valence-electron chi connectivity index (χ3n) is 3.52. The van der Waals surface area contributed by atoms with Gasteiger partial charge < -0.3 is 16.6 Å². The van der Waals surface area contributed by atoms with Crippen molar-refractivity contribution < 1.29 is 5.11 Å². The Bertz CT molecular complexity index is 721. The number of phenolic OH excluding ortho intramolecular Hbond substituents is 1. The molecule has 1 aromatic carbocycles. The first-order valence-electron chi connectivity index (χ1n) is 6.64. The molecule has 0 aliphatic carbocycles. The van der Waals surface area contributed by atoms with Crippen LogP contribution < -0.4 is 11.5 Å². The first-order valence-corrected chi connectivity index (χ1v) is 6.64. The van der Waals surface area contributed by atoms with Crippen LogP contribution in [0.15, 0.2) is 18.2 Å². The molecule has 1 aromatic heterocycles. The van der Waals surface area contributed by atoms with Crippen LogP contribution in [0.4, 0.5) is 11.8 Å². The average Bonchev–Trinajstić information content (AvgIpc) is 2.46. The molecular formula is C15H17N5O. The Hall–Kier alpha value is -2.81. The van der Waals surface area contributed by atoms with Gasteiger partial charge in [-0.05, 0) is 30.0 Å². The van der Waals surface area contributed by atoms with Crippen molar-refractivity contribution in [1.82, 2.24) is 9.97 Å². The first kappa shape index (κ1) is 14.6. The van der Waals surface area contributed by atoms with E-state index in [0.29, 0.717) is 11.5 Å². The maximum absolute atomic E-state index is 10.1. The van der Waals surface area contributed by atoms with Crippen LogP contribution in [0.1, 0.15) is 37.3 Å². The minimum atomic E-state index is -0.0326. The monoisotopic (exact) mass is 283 g/mol. The zero-order valence-electron chi connectivity index (χ0n) is 12.0. The van der Waals surface area contributed by atoms with E-state index in [1.54, 1.807) is 6.07 Å². The minimum Gasteiger partial charge on any atom is -0.507 e. The Morgan fingerprint density at radius 3 is 2.67 bits per heavy atom. The van der Waals surface area contributed by atoms with E-state index < -0.39 is 0 Å². The summed E-state index contributed by atoms with van der Waals surface area (Å²) in [6, 6.07) is 7.22. The van der Waals surface area contributed by atoms with Crippen molar-refractivity contribution in [2.75, 3.05) is 11.5 Å².